The maximum Gasteiger partial charge on any atom is 0.261 e. The Labute approximate surface area is 198 Å². The molecule has 0 saturated heterocycles. The van der Waals surface area contributed by atoms with Gasteiger partial charge in [0, 0.05) is 17.8 Å². The highest BCUT2D eigenvalue weighted by molar-refractivity contribution is 7.92. The van der Waals surface area contributed by atoms with Gasteiger partial charge in [-0.2, -0.15) is 0 Å². The highest BCUT2D eigenvalue weighted by atomic mass is 32.2. The Morgan fingerprint density at radius 1 is 0.941 bits per heavy atom. The second-order valence-corrected chi connectivity index (χ2v) is 9.25. The first-order valence-corrected chi connectivity index (χ1v) is 12.5. The summed E-state index contributed by atoms with van der Waals surface area (Å²) in [5, 5.41) is 2.85. The fourth-order valence-corrected chi connectivity index (χ4v) is 4.51. The van der Waals surface area contributed by atoms with E-state index in [4.69, 9.17) is 14.2 Å². The van der Waals surface area contributed by atoms with Crippen LogP contribution in [0, 0.1) is 0 Å². The summed E-state index contributed by atoms with van der Waals surface area (Å²) in [5.74, 6) is 1.83. The van der Waals surface area contributed by atoms with E-state index >= 15 is 0 Å². The zero-order valence-electron chi connectivity index (χ0n) is 18.7. The summed E-state index contributed by atoms with van der Waals surface area (Å²) >= 11 is 0. The third-order valence-corrected chi connectivity index (χ3v) is 6.55. The van der Waals surface area contributed by atoms with E-state index in [2.05, 4.69) is 10.0 Å². The summed E-state index contributed by atoms with van der Waals surface area (Å²) in [6.45, 7) is 3.90. The van der Waals surface area contributed by atoms with Crippen molar-refractivity contribution in [3.8, 4) is 17.2 Å². The van der Waals surface area contributed by atoms with E-state index in [-0.39, 0.29) is 10.8 Å². The number of fused-ring (bicyclic) bond motifs is 1. The average molecular weight is 483 g/mol. The molecule has 0 unspecified atom stereocenters. The minimum Gasteiger partial charge on any atom is -0.494 e. The van der Waals surface area contributed by atoms with E-state index in [1.54, 1.807) is 24.3 Å². The van der Waals surface area contributed by atoms with Crippen molar-refractivity contribution in [1.82, 2.24) is 5.32 Å². The van der Waals surface area contributed by atoms with Gasteiger partial charge in [-0.1, -0.05) is 6.07 Å². The molecule has 0 radical (unpaired) electrons. The number of nitrogens with one attached hydrogen (secondary N) is 2. The highest BCUT2D eigenvalue weighted by Gasteiger charge is 2.16. The maximum absolute atomic E-state index is 12.7. The molecule has 0 atom stereocenters. The molecule has 178 valence electrons. The van der Waals surface area contributed by atoms with Crippen LogP contribution in [0.15, 0.2) is 71.6 Å². The first kappa shape index (κ1) is 23.4. The number of carbonyl (C=O) groups excluding carboxylic acids is 1. The van der Waals surface area contributed by atoms with Crippen LogP contribution in [0.1, 0.15) is 22.8 Å². The number of benzene rings is 3. The Morgan fingerprint density at radius 2 is 1.65 bits per heavy atom. The van der Waals surface area contributed by atoms with Crippen molar-refractivity contribution < 1.29 is 27.4 Å². The van der Waals surface area contributed by atoms with Crippen molar-refractivity contribution in [1.29, 1.82) is 0 Å². The summed E-state index contributed by atoms with van der Waals surface area (Å²) in [7, 11) is -3.79. The van der Waals surface area contributed by atoms with Gasteiger partial charge in [0.2, 0.25) is 0 Å². The molecule has 8 nitrogen and oxygen atoms in total. The van der Waals surface area contributed by atoms with Crippen molar-refractivity contribution in [2.75, 3.05) is 31.1 Å². The average Bonchev–Trinajstić information content (AvgIpc) is 2.85. The molecule has 0 fully saturated rings. The molecule has 0 aliphatic carbocycles. The SMILES string of the molecule is CCOc1ccc(NS(=O)(=O)c2ccc(C(=O)NCCc3ccc4c(c3)OCCO4)cc2)cc1. The number of carbonyl (C=O) groups is 1. The number of sulfonamides is 1. The van der Waals surface area contributed by atoms with Gasteiger partial charge >= 0.3 is 0 Å². The first-order valence-electron chi connectivity index (χ1n) is 11.0. The number of rotatable bonds is 9. The lowest BCUT2D eigenvalue weighted by molar-refractivity contribution is 0.0954. The lowest BCUT2D eigenvalue weighted by atomic mass is 10.1. The van der Waals surface area contributed by atoms with Crippen LogP contribution < -0.4 is 24.2 Å². The molecule has 1 aliphatic rings. The maximum atomic E-state index is 12.7. The fourth-order valence-electron chi connectivity index (χ4n) is 3.45. The molecule has 34 heavy (non-hydrogen) atoms. The molecule has 3 aromatic carbocycles. The summed E-state index contributed by atoms with van der Waals surface area (Å²) < 4.78 is 44.3. The van der Waals surface area contributed by atoms with E-state index in [1.807, 2.05) is 25.1 Å². The van der Waals surface area contributed by atoms with Crippen molar-refractivity contribution in [3.63, 3.8) is 0 Å². The Hall–Kier alpha value is -3.72. The molecule has 1 aliphatic heterocycles. The van der Waals surface area contributed by atoms with Crippen LogP contribution in [0.5, 0.6) is 17.2 Å². The van der Waals surface area contributed by atoms with E-state index in [1.165, 1.54) is 24.3 Å². The Kier molecular flexibility index (Phi) is 7.22. The Morgan fingerprint density at radius 3 is 2.35 bits per heavy atom. The van der Waals surface area contributed by atoms with Crippen molar-refractivity contribution >= 4 is 21.6 Å². The summed E-state index contributed by atoms with van der Waals surface area (Å²) in [6.07, 6.45) is 0.626. The minimum atomic E-state index is -3.79. The molecule has 4 rings (SSSR count). The molecule has 0 bridgehead atoms. The van der Waals surface area contributed by atoms with Crippen LogP contribution in [0.3, 0.4) is 0 Å². The lowest BCUT2D eigenvalue weighted by Crippen LogP contribution is -2.25. The van der Waals surface area contributed by atoms with Crippen LogP contribution in [-0.2, 0) is 16.4 Å². The van der Waals surface area contributed by atoms with Gasteiger partial charge < -0.3 is 19.5 Å². The topological polar surface area (TPSA) is 103 Å². The van der Waals surface area contributed by atoms with Crippen LogP contribution in [-0.4, -0.2) is 40.7 Å². The molecule has 3 aromatic rings. The predicted octanol–water partition coefficient (Wildman–Crippen LogP) is 3.63. The summed E-state index contributed by atoms with van der Waals surface area (Å²) in [5.41, 5.74) is 1.82. The van der Waals surface area contributed by atoms with Gasteiger partial charge in [0.1, 0.15) is 19.0 Å². The van der Waals surface area contributed by atoms with Crippen LogP contribution >= 0.6 is 0 Å². The minimum absolute atomic E-state index is 0.0641. The van der Waals surface area contributed by atoms with Gasteiger partial charge in [-0.05, 0) is 79.6 Å². The summed E-state index contributed by atoms with van der Waals surface area (Å²) in [4.78, 5) is 12.5. The van der Waals surface area contributed by atoms with E-state index in [9.17, 15) is 13.2 Å². The van der Waals surface area contributed by atoms with E-state index in [0.717, 1.165) is 11.3 Å². The van der Waals surface area contributed by atoms with Gasteiger partial charge in [-0.25, -0.2) is 8.42 Å². The molecule has 9 heteroatoms. The van der Waals surface area contributed by atoms with Crippen LogP contribution in [0.4, 0.5) is 5.69 Å². The smallest absolute Gasteiger partial charge is 0.261 e. The first-order chi connectivity index (χ1) is 16.4. The number of anilines is 1. The third-order valence-electron chi connectivity index (χ3n) is 5.15. The van der Waals surface area contributed by atoms with Crippen LogP contribution in [0.25, 0.3) is 0 Å². The second kappa shape index (κ2) is 10.5. The van der Waals surface area contributed by atoms with Crippen LogP contribution in [0.2, 0.25) is 0 Å². The number of ether oxygens (including phenoxy) is 3. The second-order valence-electron chi connectivity index (χ2n) is 7.57. The lowest BCUT2D eigenvalue weighted by Gasteiger charge is -2.18. The number of hydrogen-bond donors (Lipinski definition) is 2. The zero-order valence-corrected chi connectivity index (χ0v) is 19.6. The van der Waals surface area contributed by atoms with Crippen molar-refractivity contribution in [3.05, 3.63) is 77.9 Å². The van der Waals surface area contributed by atoms with E-state index in [0.29, 0.717) is 55.5 Å². The van der Waals surface area contributed by atoms with Gasteiger partial charge in [0.05, 0.1) is 11.5 Å². The zero-order chi connectivity index (χ0) is 24.0. The Balaban J connectivity index is 1.31. The number of hydrogen-bond acceptors (Lipinski definition) is 6. The van der Waals surface area contributed by atoms with Gasteiger partial charge in [-0.3, -0.25) is 9.52 Å². The summed E-state index contributed by atoms with van der Waals surface area (Å²) in [6, 6.07) is 18.2. The molecule has 0 saturated carbocycles. The van der Waals surface area contributed by atoms with Crippen molar-refractivity contribution in [2.45, 2.75) is 18.2 Å². The molecule has 0 spiro atoms. The molecular weight excluding hydrogens is 456 g/mol. The third kappa shape index (κ3) is 5.79. The van der Waals surface area contributed by atoms with Gasteiger partial charge in [0.15, 0.2) is 11.5 Å². The predicted molar refractivity (Wildman–Crippen MR) is 128 cm³/mol. The fraction of sp³-hybridized carbons (Fsp3) is 0.240. The molecule has 1 amide bonds. The molecule has 0 aromatic heterocycles. The quantitative estimate of drug-likeness (QED) is 0.483. The van der Waals surface area contributed by atoms with Gasteiger partial charge in [0.25, 0.3) is 15.9 Å². The number of amides is 1. The monoisotopic (exact) mass is 482 g/mol. The largest absolute Gasteiger partial charge is 0.494 e. The molecular formula is C25H26N2O6S. The van der Waals surface area contributed by atoms with Crippen molar-refractivity contribution in [2.24, 2.45) is 0 Å². The molecule has 1 heterocycles. The Bertz CT molecular complexity index is 1240. The van der Waals surface area contributed by atoms with E-state index < -0.39 is 10.0 Å². The standard InChI is InChI=1S/C25H26N2O6S/c1-2-31-21-8-6-20(7-9-21)27-34(29,30)22-10-4-19(5-11-22)25(28)26-14-13-18-3-12-23-24(17-18)33-16-15-32-23/h3-12,17,27H,2,13-16H2,1H3,(H,26,28). The molecule has 2 N–H and O–H groups in total. The highest BCUT2D eigenvalue weighted by Crippen LogP contribution is 2.30. The van der Waals surface area contributed by atoms with Gasteiger partial charge in [-0.15, -0.1) is 0 Å². The normalized spacial score (nSPS) is 12.6.